The van der Waals surface area contributed by atoms with E-state index in [4.69, 9.17) is 9.47 Å². The molecule has 76 valence electrons. The van der Waals surface area contributed by atoms with Crippen molar-refractivity contribution in [2.24, 2.45) is 0 Å². The zero-order valence-corrected chi connectivity index (χ0v) is 8.99. The Hall–Kier alpha value is -0.510. The Morgan fingerprint density at radius 2 is 2.15 bits per heavy atom. The molecule has 0 saturated carbocycles. The van der Waals surface area contributed by atoms with Gasteiger partial charge in [0.25, 0.3) is 0 Å². The van der Waals surface area contributed by atoms with Gasteiger partial charge in [0.1, 0.15) is 12.6 Å². The molecule has 6 heteroatoms. The van der Waals surface area contributed by atoms with Crippen LogP contribution in [0.1, 0.15) is 13.8 Å². The first-order chi connectivity index (χ1) is 6.11. The van der Waals surface area contributed by atoms with E-state index in [0.29, 0.717) is 0 Å². The molecule has 13 heavy (non-hydrogen) atoms. The summed E-state index contributed by atoms with van der Waals surface area (Å²) in [4.78, 5) is 11.1. The highest BCUT2D eigenvalue weighted by atomic mass is 31.1. The lowest BCUT2D eigenvalue weighted by Gasteiger charge is -2.11. The first-order valence-corrected chi connectivity index (χ1v) is 4.84. The number of methoxy groups -OCH3 is 1. The summed E-state index contributed by atoms with van der Waals surface area (Å²) in [7, 11) is 0.839. The molecule has 0 aromatic carbocycles. The molecule has 0 saturated heterocycles. The summed E-state index contributed by atoms with van der Waals surface area (Å²) in [5, 5.41) is 2.44. The highest BCUT2D eigenvalue weighted by Gasteiger charge is 2.17. The Morgan fingerprint density at radius 1 is 1.54 bits per heavy atom. The third-order valence-corrected chi connectivity index (χ3v) is 2.04. The van der Waals surface area contributed by atoms with Crippen molar-refractivity contribution in [1.29, 1.82) is 0 Å². The van der Waals surface area contributed by atoms with Crippen LogP contribution >= 0.6 is 8.61 Å². The van der Waals surface area contributed by atoms with Gasteiger partial charge in [-0.05, 0) is 13.8 Å². The Morgan fingerprint density at radius 3 is 2.62 bits per heavy atom. The molecule has 0 aromatic rings. The molecule has 0 heterocycles. The Kier molecular flexibility index (Phi) is 6.68. The standard InChI is InChI=1S/C7H14NO4P/c1-5(11-3)4-12-7(9)6(2)8-13-10/h5-6H,4H2,1-3H3,(H,8,10)/p+1/t5?,6-/m0/s1. The minimum Gasteiger partial charge on any atom is -0.462 e. The monoisotopic (exact) mass is 208 g/mol. The maximum Gasteiger partial charge on any atom is 0.419 e. The second-order valence-electron chi connectivity index (χ2n) is 2.64. The maximum absolute atomic E-state index is 11.1. The minimum absolute atomic E-state index is 0.120. The molecule has 0 aliphatic heterocycles. The van der Waals surface area contributed by atoms with Gasteiger partial charge in [0.15, 0.2) is 0 Å². The van der Waals surface area contributed by atoms with Crippen molar-refractivity contribution in [3.05, 3.63) is 0 Å². The normalized spacial score (nSPS) is 15.3. The van der Waals surface area contributed by atoms with Crippen molar-refractivity contribution in [2.45, 2.75) is 26.0 Å². The Bertz CT molecular complexity index is 176. The first-order valence-electron chi connectivity index (χ1n) is 3.94. The lowest BCUT2D eigenvalue weighted by Crippen LogP contribution is -2.31. The smallest absolute Gasteiger partial charge is 0.419 e. The summed E-state index contributed by atoms with van der Waals surface area (Å²) in [6.07, 6.45) is -0.120. The fraction of sp³-hybridized carbons (Fsp3) is 0.857. The van der Waals surface area contributed by atoms with Gasteiger partial charge in [-0.3, -0.25) is 4.79 Å². The second-order valence-corrected chi connectivity index (χ2v) is 3.14. The van der Waals surface area contributed by atoms with Crippen LogP contribution in [-0.4, -0.2) is 31.8 Å². The molecular weight excluding hydrogens is 193 g/mol. The number of hydrogen-bond acceptors (Lipinski definition) is 4. The van der Waals surface area contributed by atoms with E-state index in [2.05, 4.69) is 5.09 Å². The van der Waals surface area contributed by atoms with E-state index < -0.39 is 20.6 Å². The average molecular weight is 208 g/mol. The van der Waals surface area contributed by atoms with Crippen LogP contribution in [0.4, 0.5) is 0 Å². The molecule has 0 aliphatic rings. The van der Waals surface area contributed by atoms with Gasteiger partial charge < -0.3 is 9.47 Å². The van der Waals surface area contributed by atoms with Crippen LogP contribution in [0.15, 0.2) is 0 Å². The molecule has 0 amide bonds. The minimum atomic E-state index is -0.702. The average Bonchev–Trinajstić information content (AvgIpc) is 2.13. The largest absolute Gasteiger partial charge is 0.462 e. The van der Waals surface area contributed by atoms with Crippen molar-refractivity contribution in [3.8, 4) is 0 Å². The van der Waals surface area contributed by atoms with Gasteiger partial charge in [-0.1, -0.05) is 9.65 Å². The highest BCUT2D eigenvalue weighted by molar-refractivity contribution is 7.21. The SMILES string of the molecule is COC(C)COC(=O)[C@H](C)N[PH+]=O. The third-order valence-electron chi connectivity index (χ3n) is 1.49. The molecule has 2 unspecified atom stereocenters. The molecule has 0 spiro atoms. The number of carbonyl (C=O) groups is 1. The second kappa shape index (κ2) is 6.95. The summed E-state index contributed by atoms with van der Waals surface area (Å²) < 4.78 is 19.9. The third kappa shape index (κ3) is 5.69. The van der Waals surface area contributed by atoms with Crippen LogP contribution in [0.2, 0.25) is 0 Å². The number of esters is 1. The molecule has 3 atom stereocenters. The number of carbonyl (C=O) groups excluding carboxylic acids is 1. The topological polar surface area (TPSA) is 64.6 Å². The van der Waals surface area contributed by atoms with E-state index in [-0.39, 0.29) is 12.7 Å². The van der Waals surface area contributed by atoms with Gasteiger partial charge in [0.05, 0.1) is 6.10 Å². The van der Waals surface area contributed by atoms with Gasteiger partial charge in [0.2, 0.25) is 0 Å². The van der Waals surface area contributed by atoms with E-state index in [0.717, 1.165) is 0 Å². The summed E-state index contributed by atoms with van der Waals surface area (Å²) in [6, 6.07) is -0.542. The maximum atomic E-state index is 11.1. The van der Waals surface area contributed by atoms with Crippen LogP contribution < -0.4 is 5.09 Å². The molecule has 0 fully saturated rings. The summed E-state index contributed by atoms with van der Waals surface area (Å²) >= 11 is 0. The van der Waals surface area contributed by atoms with Crippen LogP contribution in [0.25, 0.3) is 0 Å². The lowest BCUT2D eigenvalue weighted by atomic mass is 10.4. The predicted molar refractivity (Wildman–Crippen MR) is 49.0 cm³/mol. The number of ether oxygens (including phenoxy) is 2. The summed E-state index contributed by atoms with van der Waals surface area (Å²) in [5.74, 6) is -0.424. The van der Waals surface area contributed by atoms with E-state index in [9.17, 15) is 9.36 Å². The summed E-state index contributed by atoms with van der Waals surface area (Å²) in [6.45, 7) is 3.59. The van der Waals surface area contributed by atoms with Gasteiger partial charge in [-0.25, -0.2) is 0 Å². The van der Waals surface area contributed by atoms with E-state index in [1.807, 2.05) is 0 Å². The lowest BCUT2D eigenvalue weighted by molar-refractivity contribution is -0.148. The Labute approximate surface area is 79.0 Å². The van der Waals surface area contributed by atoms with Crippen LogP contribution in [0.3, 0.4) is 0 Å². The molecule has 0 rings (SSSR count). The molecule has 0 bridgehead atoms. The fourth-order valence-corrected chi connectivity index (χ4v) is 0.834. The zero-order chi connectivity index (χ0) is 10.3. The van der Waals surface area contributed by atoms with Gasteiger partial charge in [-0.2, -0.15) is 0 Å². The predicted octanol–water partition coefficient (Wildman–Crippen LogP) is 0.482. The molecule has 5 nitrogen and oxygen atoms in total. The van der Waals surface area contributed by atoms with Crippen LogP contribution in [0.5, 0.6) is 0 Å². The molecule has 0 aliphatic carbocycles. The zero-order valence-electron chi connectivity index (χ0n) is 7.99. The number of nitrogens with one attached hydrogen (secondary N) is 1. The van der Waals surface area contributed by atoms with Crippen LogP contribution in [0, 0.1) is 0 Å². The molecule has 0 radical (unpaired) electrons. The van der Waals surface area contributed by atoms with Crippen molar-refractivity contribution < 1.29 is 18.8 Å². The van der Waals surface area contributed by atoms with Gasteiger partial charge >= 0.3 is 14.6 Å². The molecule has 0 aromatic heterocycles. The number of hydrogen-bond donors (Lipinski definition) is 1. The van der Waals surface area contributed by atoms with Gasteiger partial charge in [-0.15, -0.1) is 0 Å². The highest BCUT2D eigenvalue weighted by Crippen LogP contribution is 1.96. The van der Waals surface area contributed by atoms with Crippen molar-refractivity contribution in [2.75, 3.05) is 13.7 Å². The van der Waals surface area contributed by atoms with Crippen molar-refractivity contribution in [1.82, 2.24) is 5.09 Å². The van der Waals surface area contributed by atoms with E-state index >= 15 is 0 Å². The molecule has 1 N–H and O–H groups in total. The van der Waals surface area contributed by atoms with E-state index in [1.54, 1.807) is 21.0 Å². The fourth-order valence-electron chi connectivity index (χ4n) is 0.540. The summed E-state index contributed by atoms with van der Waals surface area (Å²) in [5.41, 5.74) is 0. The molecular formula is C7H15NO4P+. The number of rotatable bonds is 6. The quantitative estimate of drug-likeness (QED) is 0.508. The van der Waals surface area contributed by atoms with Crippen molar-refractivity contribution in [3.63, 3.8) is 0 Å². The Balaban J connectivity index is 3.67. The van der Waals surface area contributed by atoms with Crippen LogP contribution in [-0.2, 0) is 18.8 Å². The first kappa shape index (κ1) is 12.5. The van der Waals surface area contributed by atoms with Crippen molar-refractivity contribution >= 4 is 14.6 Å². The van der Waals surface area contributed by atoms with Gasteiger partial charge in [0, 0.05) is 7.11 Å². The van der Waals surface area contributed by atoms with E-state index in [1.165, 1.54) is 0 Å².